The average molecular weight is 440 g/mol. The van der Waals surface area contributed by atoms with Crippen LogP contribution in [0.15, 0.2) is 54.6 Å². The summed E-state index contributed by atoms with van der Waals surface area (Å²) in [5.74, 6) is 0.743. The third kappa shape index (κ3) is 6.84. The van der Waals surface area contributed by atoms with Gasteiger partial charge in [0.1, 0.15) is 0 Å². The number of nitrogens with zero attached hydrogens (tertiary/aromatic N) is 2. The van der Waals surface area contributed by atoms with E-state index in [2.05, 4.69) is 35.0 Å². The summed E-state index contributed by atoms with van der Waals surface area (Å²) in [5.41, 5.74) is 3.07. The molecule has 1 N–H and O–H groups in total. The van der Waals surface area contributed by atoms with Gasteiger partial charge in [0.2, 0.25) is 11.8 Å². The molecular weight excluding hydrogens is 406 g/mol. The third-order valence-corrected chi connectivity index (χ3v) is 6.02. The van der Waals surface area contributed by atoms with Gasteiger partial charge < -0.3 is 15.1 Å². The number of hydrogen-bond acceptors (Lipinski definition) is 4. The van der Waals surface area contributed by atoms with Gasteiger partial charge in [0.15, 0.2) is 0 Å². The lowest BCUT2D eigenvalue weighted by molar-refractivity contribution is -0.119. The fourth-order valence-corrected chi connectivity index (χ4v) is 4.34. The standard InChI is InChI=1S/C25H33N3O2S/c1-2-25(30)28(22-9-4-3-5-10-22)23-12-16-27(17-13-23)15-11-20-7-6-8-21(19-20)26-24(29)14-18-31/h3-10,19,23,31H,2,11-18H2,1H3,(H,26,29). The summed E-state index contributed by atoms with van der Waals surface area (Å²) >= 11 is 4.11. The topological polar surface area (TPSA) is 52.7 Å². The summed E-state index contributed by atoms with van der Waals surface area (Å²) < 4.78 is 0. The Balaban J connectivity index is 1.52. The van der Waals surface area contributed by atoms with Crippen LogP contribution in [-0.4, -0.2) is 48.1 Å². The van der Waals surface area contributed by atoms with E-state index in [9.17, 15) is 9.59 Å². The molecule has 5 nitrogen and oxygen atoms in total. The molecular formula is C25H33N3O2S. The summed E-state index contributed by atoms with van der Waals surface area (Å²) in [6.45, 7) is 4.89. The molecule has 0 atom stereocenters. The second-order valence-electron chi connectivity index (χ2n) is 8.00. The van der Waals surface area contributed by atoms with Crippen LogP contribution >= 0.6 is 12.6 Å². The highest BCUT2D eigenvalue weighted by atomic mass is 32.1. The molecule has 0 aliphatic carbocycles. The van der Waals surface area contributed by atoms with Crippen LogP contribution in [0.25, 0.3) is 0 Å². The quantitative estimate of drug-likeness (QED) is 0.570. The van der Waals surface area contributed by atoms with E-state index >= 15 is 0 Å². The van der Waals surface area contributed by atoms with E-state index in [1.807, 2.05) is 54.3 Å². The van der Waals surface area contributed by atoms with Gasteiger partial charge in [-0.05, 0) is 54.8 Å². The number of amides is 2. The van der Waals surface area contributed by atoms with Crippen molar-refractivity contribution in [3.63, 3.8) is 0 Å². The van der Waals surface area contributed by atoms with E-state index in [0.29, 0.717) is 18.6 Å². The Morgan fingerprint density at radius 2 is 1.84 bits per heavy atom. The van der Waals surface area contributed by atoms with Crippen molar-refractivity contribution < 1.29 is 9.59 Å². The average Bonchev–Trinajstić information content (AvgIpc) is 2.79. The molecule has 6 heteroatoms. The number of hydrogen-bond donors (Lipinski definition) is 2. The van der Waals surface area contributed by atoms with Gasteiger partial charge in [-0.2, -0.15) is 12.6 Å². The lowest BCUT2D eigenvalue weighted by atomic mass is 10.0. The number of nitrogens with one attached hydrogen (secondary N) is 1. The zero-order chi connectivity index (χ0) is 22.1. The van der Waals surface area contributed by atoms with E-state index in [1.54, 1.807) is 0 Å². The van der Waals surface area contributed by atoms with E-state index < -0.39 is 0 Å². The summed E-state index contributed by atoms with van der Waals surface area (Å²) in [6, 6.07) is 18.4. The molecule has 1 heterocycles. The number of benzene rings is 2. The number of piperidine rings is 1. The molecule has 0 unspecified atom stereocenters. The fourth-order valence-electron chi connectivity index (χ4n) is 4.14. The molecule has 1 fully saturated rings. The number of carbonyl (C=O) groups excluding carboxylic acids is 2. The van der Waals surface area contributed by atoms with Crippen molar-refractivity contribution in [2.45, 2.75) is 45.1 Å². The molecule has 166 valence electrons. The second-order valence-corrected chi connectivity index (χ2v) is 8.45. The van der Waals surface area contributed by atoms with Gasteiger partial charge in [0.25, 0.3) is 0 Å². The van der Waals surface area contributed by atoms with E-state index in [1.165, 1.54) is 5.56 Å². The van der Waals surface area contributed by atoms with Crippen molar-refractivity contribution in [3.05, 3.63) is 60.2 Å². The monoisotopic (exact) mass is 439 g/mol. The minimum Gasteiger partial charge on any atom is -0.326 e. The first kappa shape index (κ1) is 23.4. The van der Waals surface area contributed by atoms with Gasteiger partial charge in [-0.25, -0.2) is 0 Å². The Kier molecular flexibility index (Phi) is 8.98. The Labute approximate surface area is 191 Å². The van der Waals surface area contributed by atoms with Crippen LogP contribution in [0, 0.1) is 0 Å². The first-order valence-electron chi connectivity index (χ1n) is 11.2. The fraction of sp³-hybridized carbons (Fsp3) is 0.440. The molecule has 2 amide bonds. The smallest absolute Gasteiger partial charge is 0.226 e. The molecule has 0 aromatic heterocycles. The van der Waals surface area contributed by atoms with Gasteiger partial charge in [-0.15, -0.1) is 0 Å². The minimum atomic E-state index is -0.00109. The Morgan fingerprint density at radius 1 is 1.10 bits per heavy atom. The van der Waals surface area contributed by atoms with E-state index in [0.717, 1.165) is 50.3 Å². The Bertz CT molecular complexity index is 851. The summed E-state index contributed by atoms with van der Waals surface area (Å²) in [5, 5.41) is 2.93. The van der Waals surface area contributed by atoms with Crippen molar-refractivity contribution in [2.24, 2.45) is 0 Å². The SMILES string of the molecule is CCC(=O)N(c1ccccc1)C1CCN(CCc2cccc(NC(=O)CCS)c2)CC1. The highest BCUT2D eigenvalue weighted by Crippen LogP contribution is 2.25. The summed E-state index contributed by atoms with van der Waals surface area (Å²) in [4.78, 5) is 28.9. The van der Waals surface area contributed by atoms with Gasteiger partial charge in [0.05, 0.1) is 0 Å². The molecule has 31 heavy (non-hydrogen) atoms. The van der Waals surface area contributed by atoms with Gasteiger partial charge >= 0.3 is 0 Å². The largest absolute Gasteiger partial charge is 0.326 e. The molecule has 1 saturated heterocycles. The first-order valence-corrected chi connectivity index (χ1v) is 11.8. The summed E-state index contributed by atoms with van der Waals surface area (Å²) in [7, 11) is 0. The van der Waals surface area contributed by atoms with Crippen LogP contribution in [0.5, 0.6) is 0 Å². The molecule has 0 radical (unpaired) electrons. The van der Waals surface area contributed by atoms with Gasteiger partial charge in [0, 0.05) is 49.9 Å². The molecule has 0 spiro atoms. The number of anilines is 2. The number of thiol groups is 1. The van der Waals surface area contributed by atoms with Gasteiger partial charge in [-0.3, -0.25) is 9.59 Å². The molecule has 0 bridgehead atoms. The molecule has 2 aromatic rings. The maximum Gasteiger partial charge on any atom is 0.226 e. The number of likely N-dealkylation sites (tertiary alicyclic amines) is 1. The van der Waals surface area contributed by atoms with Crippen molar-refractivity contribution in [2.75, 3.05) is 35.6 Å². The molecule has 1 aliphatic rings. The van der Waals surface area contributed by atoms with Gasteiger partial charge in [-0.1, -0.05) is 37.3 Å². The predicted octanol–water partition coefficient (Wildman–Crippen LogP) is 4.40. The Morgan fingerprint density at radius 3 is 2.52 bits per heavy atom. The lowest BCUT2D eigenvalue weighted by Gasteiger charge is -2.38. The van der Waals surface area contributed by atoms with Crippen LogP contribution in [0.2, 0.25) is 0 Å². The summed E-state index contributed by atoms with van der Waals surface area (Å²) in [6.07, 6.45) is 3.86. The van der Waals surface area contributed by atoms with Crippen LogP contribution < -0.4 is 10.2 Å². The number of rotatable bonds is 9. The second kappa shape index (κ2) is 11.9. The lowest BCUT2D eigenvalue weighted by Crippen LogP contribution is -2.47. The van der Waals surface area contributed by atoms with Crippen LogP contribution in [0.1, 0.15) is 38.2 Å². The third-order valence-electron chi connectivity index (χ3n) is 5.79. The molecule has 2 aromatic carbocycles. The Hall–Kier alpha value is -2.31. The normalized spacial score (nSPS) is 14.9. The number of para-hydroxylation sites is 1. The van der Waals surface area contributed by atoms with E-state index in [4.69, 9.17) is 0 Å². The van der Waals surface area contributed by atoms with Crippen molar-refractivity contribution in [3.8, 4) is 0 Å². The zero-order valence-corrected chi connectivity index (χ0v) is 19.2. The molecule has 0 saturated carbocycles. The highest BCUT2D eigenvalue weighted by Gasteiger charge is 2.28. The van der Waals surface area contributed by atoms with Crippen molar-refractivity contribution >= 4 is 35.8 Å². The van der Waals surface area contributed by atoms with Crippen LogP contribution in [0.4, 0.5) is 11.4 Å². The first-order chi connectivity index (χ1) is 15.1. The number of carbonyl (C=O) groups is 2. The van der Waals surface area contributed by atoms with Crippen LogP contribution in [0.3, 0.4) is 0 Å². The minimum absolute atomic E-state index is 0.00109. The van der Waals surface area contributed by atoms with E-state index in [-0.39, 0.29) is 17.9 Å². The maximum absolute atomic E-state index is 12.6. The maximum atomic E-state index is 12.6. The highest BCUT2D eigenvalue weighted by molar-refractivity contribution is 7.80. The van der Waals surface area contributed by atoms with Crippen LogP contribution in [-0.2, 0) is 16.0 Å². The van der Waals surface area contributed by atoms with Crippen molar-refractivity contribution in [1.29, 1.82) is 0 Å². The van der Waals surface area contributed by atoms with Crippen molar-refractivity contribution in [1.82, 2.24) is 4.90 Å². The molecule has 1 aliphatic heterocycles. The zero-order valence-electron chi connectivity index (χ0n) is 18.3. The predicted molar refractivity (Wildman–Crippen MR) is 131 cm³/mol. The molecule has 3 rings (SSSR count).